The Morgan fingerprint density at radius 2 is 1.85 bits per heavy atom. The first-order valence-corrected chi connectivity index (χ1v) is 10.3. The van der Waals surface area contributed by atoms with Crippen molar-refractivity contribution >= 4 is 21.6 Å². The number of anilines is 1. The van der Waals surface area contributed by atoms with E-state index in [0.717, 1.165) is 22.4 Å². The topological polar surface area (TPSA) is 79.4 Å². The fraction of sp³-hybridized carbons (Fsp3) is 0.368. The molecule has 2 aromatic rings. The predicted molar refractivity (Wildman–Crippen MR) is 101 cm³/mol. The molecule has 6 nitrogen and oxygen atoms in total. The van der Waals surface area contributed by atoms with Gasteiger partial charge in [-0.15, -0.1) is 0 Å². The van der Waals surface area contributed by atoms with Crippen molar-refractivity contribution in [1.29, 1.82) is 0 Å². The van der Waals surface area contributed by atoms with Gasteiger partial charge in [0.25, 0.3) is 0 Å². The van der Waals surface area contributed by atoms with Gasteiger partial charge in [-0.25, -0.2) is 12.7 Å². The number of hydrogen-bond donors (Lipinski definition) is 1. The number of nitrogens with zero attached hydrogens (tertiary/aromatic N) is 2. The molecule has 2 heterocycles. The highest BCUT2D eigenvalue weighted by Gasteiger charge is 2.41. The van der Waals surface area contributed by atoms with Crippen LogP contribution in [0.3, 0.4) is 0 Å². The van der Waals surface area contributed by atoms with E-state index in [-0.39, 0.29) is 18.4 Å². The van der Waals surface area contributed by atoms with Gasteiger partial charge >= 0.3 is 0 Å². The van der Waals surface area contributed by atoms with Crippen molar-refractivity contribution < 1.29 is 13.2 Å². The number of carbonyl (C=O) groups excluding carboxylic acids is 1. The monoisotopic (exact) mass is 373 g/mol. The van der Waals surface area contributed by atoms with Crippen LogP contribution < -0.4 is 5.32 Å². The number of hydrogen-bond acceptors (Lipinski definition) is 4. The first kappa shape index (κ1) is 18.5. The second kappa shape index (κ2) is 7.17. The van der Waals surface area contributed by atoms with Gasteiger partial charge in [0.2, 0.25) is 15.9 Å². The van der Waals surface area contributed by atoms with E-state index in [1.807, 2.05) is 44.2 Å². The molecular weight excluding hydrogens is 350 g/mol. The molecule has 1 fully saturated rings. The molecule has 0 spiro atoms. The zero-order valence-electron chi connectivity index (χ0n) is 15.1. The van der Waals surface area contributed by atoms with E-state index >= 15 is 0 Å². The standard InChI is InChI=1S/C19H23N3O3S/c1-13-5-4-6-18(14(13)2)21-19(23)17-12-22(26(3,24)25)11-16(17)15-7-9-20-10-8-15/h4-10,16-17H,11-12H2,1-3H3,(H,21,23)/t16-,17+/m0/s1. The fourth-order valence-electron chi connectivity index (χ4n) is 3.36. The largest absolute Gasteiger partial charge is 0.326 e. The first-order chi connectivity index (χ1) is 12.3. The van der Waals surface area contributed by atoms with E-state index in [9.17, 15) is 13.2 Å². The van der Waals surface area contributed by atoms with Crippen molar-refractivity contribution in [1.82, 2.24) is 9.29 Å². The summed E-state index contributed by atoms with van der Waals surface area (Å²) >= 11 is 0. The van der Waals surface area contributed by atoms with Gasteiger partial charge in [-0.2, -0.15) is 0 Å². The lowest BCUT2D eigenvalue weighted by Crippen LogP contribution is -2.31. The molecule has 3 rings (SSSR count). The number of aromatic nitrogens is 1. The Morgan fingerprint density at radius 3 is 2.50 bits per heavy atom. The van der Waals surface area contributed by atoms with Gasteiger partial charge in [0.05, 0.1) is 12.2 Å². The van der Waals surface area contributed by atoms with E-state index < -0.39 is 15.9 Å². The number of sulfonamides is 1. The molecule has 1 amide bonds. The van der Waals surface area contributed by atoms with E-state index in [1.54, 1.807) is 12.4 Å². The molecule has 1 N–H and O–H groups in total. The Bertz CT molecular complexity index is 913. The highest BCUT2D eigenvalue weighted by atomic mass is 32.2. The van der Waals surface area contributed by atoms with Crippen molar-refractivity contribution in [3.8, 4) is 0 Å². The molecule has 0 aliphatic carbocycles. The van der Waals surface area contributed by atoms with E-state index in [2.05, 4.69) is 10.3 Å². The molecule has 1 aromatic carbocycles. The SMILES string of the molecule is Cc1cccc(NC(=O)[C@@H]2CN(S(C)(=O)=O)C[C@H]2c2ccncc2)c1C. The summed E-state index contributed by atoms with van der Waals surface area (Å²) < 4.78 is 25.4. The Balaban J connectivity index is 1.89. The number of amides is 1. The molecule has 0 unspecified atom stereocenters. The van der Waals surface area contributed by atoms with Gasteiger partial charge in [0, 0.05) is 37.1 Å². The molecule has 26 heavy (non-hydrogen) atoms. The summed E-state index contributed by atoms with van der Waals surface area (Å²) in [4.78, 5) is 17.0. The average Bonchev–Trinajstić information content (AvgIpc) is 3.05. The van der Waals surface area contributed by atoms with Crippen molar-refractivity contribution in [3.05, 3.63) is 59.4 Å². The minimum atomic E-state index is -3.36. The summed E-state index contributed by atoms with van der Waals surface area (Å²) in [5, 5.41) is 2.99. The number of rotatable bonds is 4. The molecule has 0 bridgehead atoms. The van der Waals surface area contributed by atoms with Gasteiger partial charge in [-0.3, -0.25) is 9.78 Å². The van der Waals surface area contributed by atoms with Crippen LogP contribution in [-0.2, 0) is 14.8 Å². The Morgan fingerprint density at radius 1 is 1.15 bits per heavy atom. The molecule has 7 heteroatoms. The van der Waals surface area contributed by atoms with Crippen LogP contribution in [0.25, 0.3) is 0 Å². The summed E-state index contributed by atoms with van der Waals surface area (Å²) in [5.74, 6) is -0.809. The lowest BCUT2D eigenvalue weighted by molar-refractivity contribution is -0.119. The summed E-state index contributed by atoms with van der Waals surface area (Å²) in [7, 11) is -3.36. The summed E-state index contributed by atoms with van der Waals surface area (Å²) in [6.45, 7) is 4.44. The molecule has 1 saturated heterocycles. The number of nitrogens with one attached hydrogen (secondary N) is 1. The molecule has 0 radical (unpaired) electrons. The second-order valence-electron chi connectivity index (χ2n) is 6.81. The number of carbonyl (C=O) groups is 1. The van der Waals surface area contributed by atoms with Crippen LogP contribution >= 0.6 is 0 Å². The van der Waals surface area contributed by atoms with Crippen molar-refractivity contribution in [2.75, 3.05) is 24.7 Å². The number of pyridine rings is 1. The van der Waals surface area contributed by atoms with Gasteiger partial charge in [0.1, 0.15) is 0 Å². The summed E-state index contributed by atoms with van der Waals surface area (Å²) in [6, 6.07) is 9.44. The van der Waals surface area contributed by atoms with Gasteiger partial charge < -0.3 is 5.32 Å². The maximum absolute atomic E-state index is 13.0. The number of aryl methyl sites for hydroxylation is 1. The van der Waals surface area contributed by atoms with Crippen molar-refractivity contribution in [2.45, 2.75) is 19.8 Å². The molecule has 1 aromatic heterocycles. The quantitative estimate of drug-likeness (QED) is 0.892. The van der Waals surface area contributed by atoms with Crippen LogP contribution in [0.4, 0.5) is 5.69 Å². The average molecular weight is 373 g/mol. The Hall–Kier alpha value is -2.25. The molecule has 1 aliphatic rings. The van der Waals surface area contributed by atoms with Gasteiger partial charge in [0.15, 0.2) is 0 Å². The predicted octanol–water partition coefficient (Wildman–Crippen LogP) is 2.31. The Kier molecular flexibility index (Phi) is 5.11. The third-order valence-corrected chi connectivity index (χ3v) is 6.33. The lowest BCUT2D eigenvalue weighted by atomic mass is 9.89. The Labute approximate surface area is 154 Å². The third-order valence-electron chi connectivity index (χ3n) is 5.09. The molecule has 0 saturated carbocycles. The normalized spacial score (nSPS) is 20.9. The lowest BCUT2D eigenvalue weighted by Gasteiger charge is -2.19. The summed E-state index contributed by atoms with van der Waals surface area (Å²) in [6.07, 6.45) is 4.51. The zero-order valence-corrected chi connectivity index (χ0v) is 16.0. The third kappa shape index (κ3) is 3.78. The summed E-state index contributed by atoms with van der Waals surface area (Å²) in [5.41, 5.74) is 3.80. The van der Waals surface area contributed by atoms with Gasteiger partial charge in [-0.05, 0) is 48.7 Å². The van der Waals surface area contributed by atoms with E-state index in [0.29, 0.717) is 6.54 Å². The molecule has 138 valence electrons. The van der Waals surface area contributed by atoms with Gasteiger partial charge in [-0.1, -0.05) is 12.1 Å². The highest BCUT2D eigenvalue weighted by molar-refractivity contribution is 7.88. The van der Waals surface area contributed by atoms with Crippen molar-refractivity contribution in [2.24, 2.45) is 5.92 Å². The fourth-order valence-corrected chi connectivity index (χ4v) is 4.23. The maximum Gasteiger partial charge on any atom is 0.229 e. The molecular formula is C19H23N3O3S. The van der Waals surface area contributed by atoms with Crippen LogP contribution in [0.1, 0.15) is 22.6 Å². The van der Waals surface area contributed by atoms with Crippen LogP contribution in [0.2, 0.25) is 0 Å². The zero-order chi connectivity index (χ0) is 18.9. The van der Waals surface area contributed by atoms with Crippen LogP contribution in [-0.4, -0.2) is 43.0 Å². The van der Waals surface area contributed by atoms with E-state index in [4.69, 9.17) is 0 Å². The first-order valence-electron chi connectivity index (χ1n) is 8.49. The second-order valence-corrected chi connectivity index (χ2v) is 8.79. The van der Waals surface area contributed by atoms with E-state index in [1.165, 1.54) is 10.6 Å². The minimum Gasteiger partial charge on any atom is -0.326 e. The molecule has 2 atom stereocenters. The van der Waals surface area contributed by atoms with Crippen LogP contribution in [0.5, 0.6) is 0 Å². The maximum atomic E-state index is 13.0. The number of benzene rings is 1. The van der Waals surface area contributed by atoms with Crippen LogP contribution in [0.15, 0.2) is 42.7 Å². The minimum absolute atomic E-state index is 0.160. The smallest absolute Gasteiger partial charge is 0.229 e. The van der Waals surface area contributed by atoms with Crippen molar-refractivity contribution in [3.63, 3.8) is 0 Å². The molecule has 1 aliphatic heterocycles. The highest BCUT2D eigenvalue weighted by Crippen LogP contribution is 2.34. The van der Waals surface area contributed by atoms with Crippen LogP contribution in [0, 0.1) is 19.8 Å².